The van der Waals surface area contributed by atoms with Crippen molar-refractivity contribution in [1.82, 2.24) is 0 Å². The van der Waals surface area contributed by atoms with Gasteiger partial charge in [0.25, 0.3) is 7.82 Å². The molecule has 0 spiro atoms. The summed E-state index contributed by atoms with van der Waals surface area (Å²) in [5.74, 6) is -0.351. The van der Waals surface area contributed by atoms with Crippen LogP contribution in [0.15, 0.2) is 72.9 Å². The van der Waals surface area contributed by atoms with Gasteiger partial charge in [0.15, 0.2) is 0 Å². The molecular formula is C46H82NO7P. The Bertz CT molecular complexity index is 1110. The third-order valence-corrected chi connectivity index (χ3v) is 9.74. The topological polar surface area (TPSA) is 94.1 Å². The second-order valence-corrected chi connectivity index (χ2v) is 16.7. The van der Waals surface area contributed by atoms with Gasteiger partial charge in [0.05, 0.1) is 34.4 Å². The number of carbonyl (C=O) groups excluding carboxylic acids is 1. The number of phosphoric ester groups is 1. The van der Waals surface area contributed by atoms with Crippen molar-refractivity contribution < 1.29 is 37.3 Å². The summed E-state index contributed by atoms with van der Waals surface area (Å²) in [5.41, 5.74) is 0. The van der Waals surface area contributed by atoms with Crippen molar-refractivity contribution >= 4 is 13.8 Å². The molecule has 2 atom stereocenters. The van der Waals surface area contributed by atoms with Gasteiger partial charge in [0.1, 0.15) is 19.3 Å². The first kappa shape index (κ1) is 52.9. The number of ether oxygens (including phenoxy) is 2. The molecule has 0 aromatic carbocycles. The van der Waals surface area contributed by atoms with Gasteiger partial charge in [0, 0.05) is 13.0 Å². The Morgan fingerprint density at radius 2 is 1.05 bits per heavy atom. The SMILES string of the molecule is CC/C=C\C/C=C\C/C=C\C/C=C\C/C=C\C/C=C\CCCCCOCC(COP(=O)([O-])OCC[N+](C)(C)C)OC(=O)CCCCCCCCCCCCC. The molecule has 0 aliphatic carbocycles. The van der Waals surface area contributed by atoms with Crippen molar-refractivity contribution in [3.63, 3.8) is 0 Å². The van der Waals surface area contributed by atoms with Gasteiger partial charge < -0.3 is 27.9 Å². The first-order valence-electron chi connectivity index (χ1n) is 21.7. The lowest BCUT2D eigenvalue weighted by molar-refractivity contribution is -0.870. The normalized spacial score (nSPS) is 14.5. The minimum absolute atomic E-state index is 0.0165. The number of carbonyl (C=O) groups is 1. The van der Waals surface area contributed by atoms with E-state index in [9.17, 15) is 14.3 Å². The average molecular weight is 792 g/mol. The van der Waals surface area contributed by atoms with Gasteiger partial charge in [-0.15, -0.1) is 0 Å². The number of likely N-dealkylation sites (N-methyl/N-ethyl adjacent to an activating group) is 1. The number of nitrogens with zero attached hydrogens (tertiary/aromatic N) is 1. The summed E-state index contributed by atoms with van der Waals surface area (Å²) >= 11 is 0. The molecule has 55 heavy (non-hydrogen) atoms. The molecule has 0 bridgehead atoms. The van der Waals surface area contributed by atoms with Crippen LogP contribution in [0, 0.1) is 0 Å². The van der Waals surface area contributed by atoms with Crippen LogP contribution in [-0.2, 0) is 27.9 Å². The van der Waals surface area contributed by atoms with Crippen LogP contribution in [0.3, 0.4) is 0 Å². The van der Waals surface area contributed by atoms with E-state index in [2.05, 4.69) is 86.8 Å². The van der Waals surface area contributed by atoms with Gasteiger partial charge in [-0.1, -0.05) is 157 Å². The maximum absolute atomic E-state index is 12.6. The molecular weight excluding hydrogens is 709 g/mol. The highest BCUT2D eigenvalue weighted by molar-refractivity contribution is 7.45. The van der Waals surface area contributed by atoms with E-state index < -0.39 is 13.9 Å². The monoisotopic (exact) mass is 792 g/mol. The fraction of sp³-hybridized carbons (Fsp3) is 0.717. The Morgan fingerprint density at radius 3 is 1.56 bits per heavy atom. The smallest absolute Gasteiger partial charge is 0.306 e. The zero-order valence-electron chi connectivity index (χ0n) is 35.8. The predicted molar refractivity (Wildman–Crippen MR) is 231 cm³/mol. The highest BCUT2D eigenvalue weighted by Crippen LogP contribution is 2.38. The molecule has 0 fully saturated rings. The summed E-state index contributed by atoms with van der Waals surface area (Å²) < 4.78 is 34.5. The average Bonchev–Trinajstić information content (AvgIpc) is 3.13. The molecule has 0 aromatic rings. The standard InChI is InChI=1S/C46H82NO7P/c1-6-8-10-12-14-16-18-19-20-21-22-23-24-25-26-27-28-30-32-34-36-38-41-51-43-45(44-53-55(49,50)52-42-40-47(3,4)5)54-46(48)39-37-35-33-31-29-17-15-13-11-9-7-2/h8,10,14,16,19-20,22-23,25-26,28,30,45H,6-7,9,11-13,15,17-18,21,24,27,29,31-44H2,1-5H3/b10-8-,16-14-,20-19-,23-22-,26-25-,30-28-. The molecule has 0 rings (SSSR count). The molecule has 0 aliphatic heterocycles. The molecule has 0 heterocycles. The molecule has 318 valence electrons. The number of allylic oxidation sites excluding steroid dienone is 12. The highest BCUT2D eigenvalue weighted by atomic mass is 31.2. The number of rotatable bonds is 39. The molecule has 9 heteroatoms. The van der Waals surface area contributed by atoms with Crippen LogP contribution in [0.2, 0.25) is 0 Å². The first-order valence-corrected chi connectivity index (χ1v) is 23.1. The molecule has 0 aliphatic rings. The number of hydrogen-bond donors (Lipinski definition) is 0. The molecule has 0 saturated carbocycles. The predicted octanol–water partition coefficient (Wildman–Crippen LogP) is 12.1. The molecule has 0 aromatic heterocycles. The third kappa shape index (κ3) is 42.9. The van der Waals surface area contributed by atoms with Gasteiger partial charge in [-0.25, -0.2) is 0 Å². The second-order valence-electron chi connectivity index (χ2n) is 15.3. The minimum atomic E-state index is -4.53. The van der Waals surface area contributed by atoms with E-state index in [4.69, 9.17) is 18.5 Å². The summed E-state index contributed by atoms with van der Waals surface area (Å²) in [4.78, 5) is 25.0. The molecule has 0 radical (unpaired) electrons. The van der Waals surface area contributed by atoms with Crippen LogP contribution in [0.5, 0.6) is 0 Å². The largest absolute Gasteiger partial charge is 0.756 e. The van der Waals surface area contributed by atoms with Crippen LogP contribution >= 0.6 is 7.82 Å². The van der Waals surface area contributed by atoms with Crippen molar-refractivity contribution in [2.45, 2.75) is 161 Å². The zero-order chi connectivity index (χ0) is 40.6. The Morgan fingerprint density at radius 1 is 0.582 bits per heavy atom. The van der Waals surface area contributed by atoms with Crippen molar-refractivity contribution in [3.8, 4) is 0 Å². The van der Waals surface area contributed by atoms with Crippen LogP contribution in [0.25, 0.3) is 0 Å². The first-order chi connectivity index (χ1) is 26.6. The summed E-state index contributed by atoms with van der Waals surface area (Å²) in [6, 6.07) is 0. The zero-order valence-corrected chi connectivity index (χ0v) is 36.7. The van der Waals surface area contributed by atoms with E-state index in [1.165, 1.54) is 51.4 Å². The molecule has 0 amide bonds. The lowest BCUT2D eigenvalue weighted by atomic mass is 10.1. The second kappa shape index (κ2) is 38.8. The van der Waals surface area contributed by atoms with Crippen LogP contribution in [0.4, 0.5) is 0 Å². The fourth-order valence-corrected chi connectivity index (χ4v) is 6.16. The van der Waals surface area contributed by atoms with Crippen molar-refractivity contribution in [3.05, 3.63) is 72.9 Å². The Hall–Kier alpha value is -2.06. The Kier molecular flexibility index (Phi) is 37.3. The molecule has 2 unspecified atom stereocenters. The molecule has 0 N–H and O–H groups in total. The van der Waals surface area contributed by atoms with Gasteiger partial charge in [-0.2, -0.15) is 0 Å². The third-order valence-electron chi connectivity index (χ3n) is 8.77. The number of hydrogen-bond acceptors (Lipinski definition) is 7. The van der Waals surface area contributed by atoms with Crippen molar-refractivity contribution in [2.24, 2.45) is 0 Å². The van der Waals surface area contributed by atoms with E-state index in [1.54, 1.807) is 0 Å². The van der Waals surface area contributed by atoms with E-state index in [1.807, 2.05) is 21.1 Å². The van der Waals surface area contributed by atoms with Gasteiger partial charge >= 0.3 is 5.97 Å². The summed E-state index contributed by atoms with van der Waals surface area (Å²) in [6.45, 7) is 5.18. The molecule has 8 nitrogen and oxygen atoms in total. The summed E-state index contributed by atoms with van der Waals surface area (Å²) in [5, 5.41) is 0. The van der Waals surface area contributed by atoms with E-state index in [-0.39, 0.29) is 25.8 Å². The number of esters is 1. The fourth-order valence-electron chi connectivity index (χ4n) is 5.43. The number of unbranched alkanes of at least 4 members (excludes halogenated alkanes) is 13. The van der Waals surface area contributed by atoms with Gasteiger partial charge in [-0.3, -0.25) is 9.36 Å². The van der Waals surface area contributed by atoms with E-state index in [0.29, 0.717) is 24.1 Å². The maximum atomic E-state index is 12.6. The Balaban J connectivity index is 4.29. The van der Waals surface area contributed by atoms with Crippen LogP contribution in [0.1, 0.15) is 155 Å². The van der Waals surface area contributed by atoms with E-state index in [0.717, 1.165) is 83.5 Å². The lowest BCUT2D eigenvalue weighted by Crippen LogP contribution is -2.37. The maximum Gasteiger partial charge on any atom is 0.306 e. The Labute approximate surface area is 338 Å². The minimum Gasteiger partial charge on any atom is -0.756 e. The van der Waals surface area contributed by atoms with Crippen LogP contribution in [-0.4, -0.2) is 70.7 Å². The van der Waals surface area contributed by atoms with Crippen LogP contribution < -0.4 is 4.89 Å². The summed E-state index contributed by atoms with van der Waals surface area (Å²) in [6.07, 6.45) is 49.2. The van der Waals surface area contributed by atoms with Crippen molar-refractivity contribution in [1.29, 1.82) is 0 Å². The lowest BCUT2D eigenvalue weighted by Gasteiger charge is -2.28. The van der Waals surface area contributed by atoms with E-state index >= 15 is 0 Å². The molecule has 0 saturated heterocycles. The number of quaternary nitrogens is 1. The summed E-state index contributed by atoms with van der Waals surface area (Å²) in [7, 11) is 1.32. The number of phosphoric acid groups is 1. The van der Waals surface area contributed by atoms with Gasteiger partial charge in [0.2, 0.25) is 0 Å². The van der Waals surface area contributed by atoms with Crippen molar-refractivity contribution in [2.75, 3.05) is 54.1 Å². The van der Waals surface area contributed by atoms with Gasteiger partial charge in [-0.05, 0) is 64.2 Å². The highest BCUT2D eigenvalue weighted by Gasteiger charge is 2.20. The quantitative estimate of drug-likeness (QED) is 0.0201.